The van der Waals surface area contributed by atoms with E-state index in [2.05, 4.69) is 25.8 Å². The van der Waals surface area contributed by atoms with Gasteiger partial charge in [0.15, 0.2) is 5.82 Å². The highest BCUT2D eigenvalue weighted by Gasteiger charge is 2.18. The first-order valence-corrected chi connectivity index (χ1v) is 11.1. The Bertz CT molecular complexity index is 1320. The van der Waals surface area contributed by atoms with Crippen LogP contribution in [0.3, 0.4) is 0 Å². The summed E-state index contributed by atoms with van der Waals surface area (Å²) >= 11 is 12.5. The quantitative estimate of drug-likeness (QED) is 0.401. The van der Waals surface area contributed by atoms with E-state index >= 15 is 0 Å². The maximum Gasteiger partial charge on any atom is 0.251 e. The average Bonchev–Trinajstić information content (AvgIpc) is 3.30. The first-order valence-electron chi connectivity index (χ1n) is 10.4. The van der Waals surface area contributed by atoms with Crippen molar-refractivity contribution in [3.63, 3.8) is 0 Å². The Morgan fingerprint density at radius 1 is 1.12 bits per heavy atom. The van der Waals surface area contributed by atoms with Crippen LogP contribution in [0.4, 0.5) is 5.82 Å². The fraction of sp³-hybridized carbons (Fsp3) is 0.174. The molecule has 11 heteroatoms. The molecule has 0 saturated carbocycles. The van der Waals surface area contributed by atoms with Crippen LogP contribution >= 0.6 is 23.2 Å². The van der Waals surface area contributed by atoms with Gasteiger partial charge >= 0.3 is 0 Å². The highest BCUT2D eigenvalue weighted by molar-refractivity contribution is 6.43. The van der Waals surface area contributed by atoms with Crippen LogP contribution in [0, 0.1) is 0 Å². The number of carbonyl (C=O) groups is 1. The number of tetrazole rings is 1. The molecule has 0 atom stereocenters. The predicted octanol–water partition coefficient (Wildman–Crippen LogP) is 3.57. The average molecular weight is 497 g/mol. The molecule has 0 saturated heterocycles. The second-order valence-corrected chi connectivity index (χ2v) is 8.57. The largest absolute Gasteiger partial charge is 0.383 e. The van der Waals surface area contributed by atoms with Crippen molar-refractivity contribution in [1.29, 1.82) is 0 Å². The Labute approximate surface area is 206 Å². The van der Waals surface area contributed by atoms with Crippen LogP contribution in [0.2, 0.25) is 10.0 Å². The van der Waals surface area contributed by atoms with Crippen molar-refractivity contribution in [3.8, 4) is 28.2 Å². The lowest BCUT2D eigenvalue weighted by Gasteiger charge is -2.11. The molecule has 2 aromatic heterocycles. The number of rotatable bonds is 7. The summed E-state index contributed by atoms with van der Waals surface area (Å²) in [5, 5.41) is 15.6. The van der Waals surface area contributed by atoms with Crippen LogP contribution in [0.1, 0.15) is 10.4 Å². The van der Waals surface area contributed by atoms with Gasteiger partial charge in [-0.15, -0.1) is 5.10 Å². The molecule has 3 N–H and O–H groups in total. The Balaban J connectivity index is 1.63. The molecule has 2 heterocycles. The third-order valence-electron chi connectivity index (χ3n) is 5.11. The topological polar surface area (TPSA) is 115 Å². The van der Waals surface area contributed by atoms with E-state index in [1.807, 2.05) is 37.2 Å². The molecule has 0 spiro atoms. The number of pyridine rings is 1. The van der Waals surface area contributed by atoms with E-state index in [0.29, 0.717) is 39.2 Å². The summed E-state index contributed by atoms with van der Waals surface area (Å²) in [6, 6.07) is 14.3. The zero-order chi connectivity index (χ0) is 24.2. The molecule has 9 nitrogen and oxygen atoms in total. The van der Waals surface area contributed by atoms with Crippen molar-refractivity contribution in [2.45, 2.75) is 0 Å². The molecule has 0 aliphatic heterocycles. The number of nitrogens with two attached hydrogens (primary N) is 1. The highest BCUT2D eigenvalue weighted by Crippen LogP contribution is 2.33. The number of anilines is 1. The Morgan fingerprint density at radius 3 is 2.62 bits per heavy atom. The van der Waals surface area contributed by atoms with Gasteiger partial charge in [0, 0.05) is 30.4 Å². The van der Waals surface area contributed by atoms with Crippen LogP contribution in [0.25, 0.3) is 28.2 Å². The predicted molar refractivity (Wildman–Crippen MR) is 133 cm³/mol. The van der Waals surface area contributed by atoms with Gasteiger partial charge < -0.3 is 16.0 Å². The molecule has 0 fully saturated rings. The summed E-state index contributed by atoms with van der Waals surface area (Å²) in [5.41, 5.74) is 9.44. The second kappa shape index (κ2) is 10.2. The smallest absolute Gasteiger partial charge is 0.251 e. The van der Waals surface area contributed by atoms with E-state index in [1.165, 1.54) is 4.68 Å². The zero-order valence-corrected chi connectivity index (χ0v) is 20.0. The molecule has 0 unspecified atom stereocenters. The van der Waals surface area contributed by atoms with E-state index in [4.69, 9.17) is 28.9 Å². The van der Waals surface area contributed by atoms with Crippen molar-refractivity contribution in [2.75, 3.05) is 32.9 Å². The number of amides is 1. The molecular weight excluding hydrogens is 475 g/mol. The maximum atomic E-state index is 12.3. The van der Waals surface area contributed by atoms with Crippen molar-refractivity contribution in [2.24, 2.45) is 0 Å². The normalized spacial score (nSPS) is 11.1. The van der Waals surface area contributed by atoms with Gasteiger partial charge in [0.1, 0.15) is 5.82 Å². The zero-order valence-electron chi connectivity index (χ0n) is 18.5. The Kier molecular flexibility index (Phi) is 7.06. The van der Waals surface area contributed by atoms with Crippen molar-refractivity contribution >= 4 is 34.9 Å². The molecule has 0 radical (unpaired) electrons. The lowest BCUT2D eigenvalue weighted by molar-refractivity contribution is 0.0951. The minimum absolute atomic E-state index is 0.123. The summed E-state index contributed by atoms with van der Waals surface area (Å²) in [7, 11) is 3.91. The van der Waals surface area contributed by atoms with Gasteiger partial charge in [-0.25, -0.2) is 4.98 Å². The number of nitrogen functional groups attached to an aromatic ring is 1. The molecule has 174 valence electrons. The van der Waals surface area contributed by atoms with E-state index in [1.54, 1.807) is 36.5 Å². The summed E-state index contributed by atoms with van der Waals surface area (Å²) < 4.78 is 1.46. The molecule has 0 bridgehead atoms. The number of carbonyl (C=O) groups excluding carboxylic acids is 1. The van der Waals surface area contributed by atoms with Crippen LogP contribution < -0.4 is 11.1 Å². The lowest BCUT2D eigenvalue weighted by Crippen LogP contribution is -2.31. The first-order chi connectivity index (χ1) is 16.3. The number of likely N-dealkylation sites (N-methyl/N-ethyl adjacent to an activating group) is 1. The molecule has 4 aromatic rings. The van der Waals surface area contributed by atoms with Gasteiger partial charge in [0.25, 0.3) is 5.91 Å². The van der Waals surface area contributed by atoms with Crippen LogP contribution in [0.15, 0.2) is 54.7 Å². The number of hydrogen-bond acceptors (Lipinski definition) is 7. The van der Waals surface area contributed by atoms with Crippen molar-refractivity contribution in [3.05, 3.63) is 70.3 Å². The maximum absolute atomic E-state index is 12.3. The third-order valence-corrected chi connectivity index (χ3v) is 5.92. The van der Waals surface area contributed by atoms with Crippen LogP contribution in [-0.2, 0) is 0 Å². The van der Waals surface area contributed by atoms with Gasteiger partial charge in [-0.1, -0.05) is 41.4 Å². The van der Waals surface area contributed by atoms with Gasteiger partial charge in [-0.2, -0.15) is 4.68 Å². The minimum atomic E-state index is -0.123. The first kappa shape index (κ1) is 23.6. The molecule has 0 aliphatic carbocycles. The monoisotopic (exact) mass is 496 g/mol. The summed E-state index contributed by atoms with van der Waals surface area (Å²) in [6.07, 6.45) is 1.66. The fourth-order valence-corrected chi connectivity index (χ4v) is 3.67. The standard InChI is InChI=1S/C23H22Cl2N8O/c1-32(2)11-10-27-23(34)15-8-6-14(7-9-15)16-12-17(21(26)28-13-16)22-29-30-31-33(22)19-5-3-4-18(24)20(19)25/h3-9,12-13H,10-11H2,1-2H3,(H2,26,28)(H,27,34). The van der Waals surface area contributed by atoms with E-state index in [-0.39, 0.29) is 11.7 Å². The number of hydrogen-bond donors (Lipinski definition) is 2. The highest BCUT2D eigenvalue weighted by atomic mass is 35.5. The third kappa shape index (κ3) is 5.01. The van der Waals surface area contributed by atoms with Gasteiger partial charge in [-0.3, -0.25) is 4.79 Å². The summed E-state index contributed by atoms with van der Waals surface area (Å²) in [6.45, 7) is 1.34. The summed E-state index contributed by atoms with van der Waals surface area (Å²) in [5.74, 6) is 0.504. The van der Waals surface area contributed by atoms with Crippen LogP contribution in [0.5, 0.6) is 0 Å². The minimum Gasteiger partial charge on any atom is -0.383 e. The number of nitrogens with one attached hydrogen (secondary N) is 1. The molecule has 0 aliphatic rings. The number of halogens is 2. The molecule has 1 amide bonds. The Morgan fingerprint density at radius 2 is 1.88 bits per heavy atom. The molecular formula is C23H22Cl2N8O. The number of benzene rings is 2. The van der Waals surface area contributed by atoms with Gasteiger partial charge in [0.2, 0.25) is 0 Å². The van der Waals surface area contributed by atoms with Gasteiger partial charge in [-0.05, 0) is 60.4 Å². The summed E-state index contributed by atoms with van der Waals surface area (Å²) in [4.78, 5) is 18.7. The van der Waals surface area contributed by atoms with Crippen molar-refractivity contribution < 1.29 is 4.79 Å². The van der Waals surface area contributed by atoms with E-state index in [9.17, 15) is 4.79 Å². The van der Waals surface area contributed by atoms with Crippen molar-refractivity contribution in [1.82, 2.24) is 35.4 Å². The lowest BCUT2D eigenvalue weighted by atomic mass is 10.0. The second-order valence-electron chi connectivity index (χ2n) is 7.78. The van der Waals surface area contributed by atoms with E-state index < -0.39 is 0 Å². The molecule has 2 aromatic carbocycles. The number of aromatic nitrogens is 5. The van der Waals surface area contributed by atoms with E-state index in [0.717, 1.165) is 17.7 Å². The Hall–Kier alpha value is -3.53. The van der Waals surface area contributed by atoms with Gasteiger partial charge in [0.05, 0.1) is 21.3 Å². The molecule has 4 rings (SSSR count). The fourth-order valence-electron chi connectivity index (χ4n) is 3.29. The molecule has 34 heavy (non-hydrogen) atoms. The number of nitrogens with zero attached hydrogens (tertiary/aromatic N) is 6. The van der Waals surface area contributed by atoms with Crippen LogP contribution in [-0.4, -0.2) is 63.2 Å². The SMILES string of the molecule is CN(C)CCNC(=O)c1ccc(-c2cnc(N)c(-c3nnnn3-c3cccc(Cl)c3Cl)c2)cc1.